The Morgan fingerprint density at radius 2 is 1.60 bits per heavy atom. The number of halogens is 1. The Kier molecular flexibility index (Phi) is 9.31. The maximum absolute atomic E-state index is 14.1. The molecule has 6 aromatic rings. The van der Waals surface area contributed by atoms with Crippen molar-refractivity contribution in [1.29, 1.82) is 0 Å². The van der Waals surface area contributed by atoms with Crippen molar-refractivity contribution in [3.63, 3.8) is 0 Å². The summed E-state index contributed by atoms with van der Waals surface area (Å²) in [5.74, 6) is 0.468. The van der Waals surface area contributed by atoms with Crippen LogP contribution < -0.4 is 4.90 Å². The third kappa shape index (κ3) is 7.25. The molecule has 5 heterocycles. The molecule has 7 rings (SSSR count). The highest BCUT2D eigenvalue weighted by molar-refractivity contribution is 7.90. The third-order valence-corrected chi connectivity index (χ3v) is 11.1. The SMILES string of the molecule is Cc1ccc(S(=O)(=O)n2cc(-c3c(C)nn(Cc4cccc(F)c4)c3C)c3cc(-c4ccc(N5CCN(C(=O)OC(C)(C)C)CC5)nc4)cnc32)cc1. The van der Waals surface area contributed by atoms with E-state index in [2.05, 4.69) is 4.90 Å². The number of carbonyl (C=O) groups excluding carboxylic acids is 1. The standard InChI is InChI=1S/C40H42FN7O4S/c1-26-10-13-33(14-11-26)53(50,51)48-25-35(37-27(2)44-47(28(37)3)24-29-8-7-9-32(41)20-29)34-21-31(23-43-38(34)48)30-12-15-36(42-22-30)45-16-18-46(19-17-45)39(49)52-40(4,5)6/h7-15,20-23,25H,16-19,24H2,1-6H3. The molecule has 0 saturated carbocycles. The van der Waals surface area contributed by atoms with Crippen LogP contribution >= 0.6 is 0 Å². The van der Waals surface area contributed by atoms with Gasteiger partial charge in [-0.25, -0.2) is 31.5 Å². The molecule has 13 heteroatoms. The number of anilines is 1. The number of fused-ring (bicyclic) bond motifs is 1. The molecule has 1 aliphatic rings. The van der Waals surface area contributed by atoms with Crippen LogP contribution in [0.15, 0.2) is 90.2 Å². The molecule has 1 amide bonds. The van der Waals surface area contributed by atoms with Gasteiger partial charge in [0.1, 0.15) is 17.2 Å². The summed E-state index contributed by atoms with van der Waals surface area (Å²) >= 11 is 0. The van der Waals surface area contributed by atoms with Crippen LogP contribution in [0.5, 0.6) is 0 Å². The second kappa shape index (κ2) is 13.8. The zero-order chi connectivity index (χ0) is 37.7. The van der Waals surface area contributed by atoms with E-state index in [4.69, 9.17) is 19.8 Å². The van der Waals surface area contributed by atoms with Gasteiger partial charge in [-0.1, -0.05) is 29.8 Å². The van der Waals surface area contributed by atoms with Gasteiger partial charge in [-0.05, 0) is 89.6 Å². The van der Waals surface area contributed by atoms with Crippen molar-refractivity contribution in [2.24, 2.45) is 0 Å². The number of ether oxygens (including phenoxy) is 1. The van der Waals surface area contributed by atoms with Crippen LogP contribution in [0, 0.1) is 26.6 Å². The fourth-order valence-electron chi connectivity index (χ4n) is 6.68. The number of hydrogen-bond donors (Lipinski definition) is 0. The lowest BCUT2D eigenvalue weighted by Gasteiger charge is -2.36. The Bertz CT molecular complexity index is 2420. The number of hydrogen-bond acceptors (Lipinski definition) is 8. The van der Waals surface area contributed by atoms with Crippen LogP contribution in [0.25, 0.3) is 33.3 Å². The monoisotopic (exact) mass is 735 g/mol. The Morgan fingerprint density at radius 3 is 2.26 bits per heavy atom. The molecule has 11 nitrogen and oxygen atoms in total. The van der Waals surface area contributed by atoms with Crippen LogP contribution in [-0.2, 0) is 21.3 Å². The highest BCUT2D eigenvalue weighted by Gasteiger charge is 2.28. The summed E-state index contributed by atoms with van der Waals surface area (Å²) in [6.07, 6.45) is 4.76. The first kappa shape index (κ1) is 35.8. The smallest absolute Gasteiger partial charge is 0.410 e. The summed E-state index contributed by atoms with van der Waals surface area (Å²) in [6, 6.07) is 19.0. The number of nitrogens with zero attached hydrogens (tertiary/aromatic N) is 7. The summed E-state index contributed by atoms with van der Waals surface area (Å²) in [5.41, 5.74) is 5.97. The van der Waals surface area contributed by atoms with Crippen molar-refractivity contribution >= 4 is 33.0 Å². The van der Waals surface area contributed by atoms with Crippen LogP contribution in [-0.4, -0.2) is 74.9 Å². The van der Waals surface area contributed by atoms with Crippen molar-refractivity contribution < 1.29 is 22.3 Å². The van der Waals surface area contributed by atoms with Crippen molar-refractivity contribution in [3.8, 4) is 22.3 Å². The van der Waals surface area contributed by atoms with E-state index in [0.717, 1.165) is 39.3 Å². The lowest BCUT2D eigenvalue weighted by Crippen LogP contribution is -2.50. The van der Waals surface area contributed by atoms with E-state index in [9.17, 15) is 17.6 Å². The number of rotatable bonds is 7. The fourth-order valence-corrected chi connectivity index (χ4v) is 8.01. The Balaban J connectivity index is 1.24. The molecule has 53 heavy (non-hydrogen) atoms. The van der Waals surface area contributed by atoms with Gasteiger partial charge < -0.3 is 14.5 Å². The predicted octanol–water partition coefficient (Wildman–Crippen LogP) is 7.37. The first-order valence-electron chi connectivity index (χ1n) is 17.5. The molecule has 2 aromatic carbocycles. The number of aromatic nitrogens is 5. The summed E-state index contributed by atoms with van der Waals surface area (Å²) in [4.78, 5) is 26.0. The van der Waals surface area contributed by atoms with Crippen molar-refractivity contribution in [2.75, 3.05) is 31.1 Å². The molecule has 0 bridgehead atoms. The number of amides is 1. The van der Waals surface area contributed by atoms with Crippen LogP contribution in [0.4, 0.5) is 15.0 Å². The molecule has 274 valence electrons. The lowest BCUT2D eigenvalue weighted by atomic mass is 10.0. The molecule has 0 N–H and O–H groups in total. The maximum atomic E-state index is 14.1. The van der Waals surface area contributed by atoms with E-state index in [1.807, 2.05) is 70.5 Å². The van der Waals surface area contributed by atoms with E-state index in [1.165, 1.54) is 16.1 Å². The van der Waals surface area contributed by atoms with E-state index < -0.39 is 15.6 Å². The molecular formula is C40H42FN7O4S. The second-order valence-electron chi connectivity index (χ2n) is 14.4. The second-order valence-corrected chi connectivity index (χ2v) is 16.3. The van der Waals surface area contributed by atoms with Gasteiger partial charge in [0.2, 0.25) is 0 Å². The van der Waals surface area contributed by atoms with Gasteiger partial charge in [-0.2, -0.15) is 5.10 Å². The van der Waals surface area contributed by atoms with Crippen LogP contribution in [0.3, 0.4) is 0 Å². The van der Waals surface area contributed by atoms with Crippen LogP contribution in [0.2, 0.25) is 0 Å². The van der Waals surface area contributed by atoms with Gasteiger partial charge in [-0.3, -0.25) is 4.68 Å². The van der Waals surface area contributed by atoms with Gasteiger partial charge in [0, 0.05) is 78.1 Å². The summed E-state index contributed by atoms with van der Waals surface area (Å²) in [7, 11) is -4.02. The average Bonchev–Trinajstić information content (AvgIpc) is 3.63. The van der Waals surface area contributed by atoms with Gasteiger partial charge in [-0.15, -0.1) is 0 Å². The molecule has 0 radical (unpaired) electrons. The number of pyridine rings is 2. The molecule has 0 spiro atoms. The lowest BCUT2D eigenvalue weighted by molar-refractivity contribution is 0.0240. The normalized spacial score (nSPS) is 13.9. The largest absolute Gasteiger partial charge is 0.444 e. The zero-order valence-corrected chi connectivity index (χ0v) is 31.5. The van der Waals surface area contributed by atoms with E-state index in [0.29, 0.717) is 49.4 Å². The highest BCUT2D eigenvalue weighted by Crippen LogP contribution is 2.38. The first-order valence-corrected chi connectivity index (χ1v) is 18.9. The van der Waals surface area contributed by atoms with Crippen molar-refractivity contribution in [2.45, 2.75) is 58.6 Å². The summed E-state index contributed by atoms with van der Waals surface area (Å²) in [6.45, 7) is 13.9. The highest BCUT2D eigenvalue weighted by atomic mass is 32.2. The summed E-state index contributed by atoms with van der Waals surface area (Å²) in [5, 5.41) is 5.43. The van der Waals surface area contributed by atoms with Gasteiger partial charge >= 0.3 is 6.09 Å². The molecule has 1 saturated heterocycles. The van der Waals surface area contributed by atoms with Gasteiger partial charge in [0.05, 0.1) is 17.1 Å². The van der Waals surface area contributed by atoms with Crippen molar-refractivity contribution in [3.05, 3.63) is 114 Å². The molecule has 1 fully saturated rings. The summed E-state index contributed by atoms with van der Waals surface area (Å²) < 4.78 is 50.9. The molecule has 1 aliphatic heterocycles. The predicted molar refractivity (Wildman–Crippen MR) is 203 cm³/mol. The fraction of sp³-hybridized carbons (Fsp3) is 0.300. The minimum Gasteiger partial charge on any atom is -0.444 e. The Morgan fingerprint density at radius 1 is 0.887 bits per heavy atom. The van der Waals surface area contributed by atoms with Gasteiger partial charge in [0.25, 0.3) is 10.0 Å². The van der Waals surface area contributed by atoms with E-state index in [-0.39, 0.29) is 22.5 Å². The maximum Gasteiger partial charge on any atom is 0.410 e. The van der Waals surface area contributed by atoms with Gasteiger partial charge in [0.15, 0.2) is 5.65 Å². The van der Waals surface area contributed by atoms with Crippen LogP contribution in [0.1, 0.15) is 43.3 Å². The number of piperazine rings is 1. The quantitative estimate of drug-likeness (QED) is 0.167. The molecule has 0 aliphatic carbocycles. The van der Waals surface area contributed by atoms with Crippen molar-refractivity contribution in [1.82, 2.24) is 28.6 Å². The Labute approximate surface area is 308 Å². The molecule has 4 aromatic heterocycles. The minimum atomic E-state index is -4.02. The molecule has 0 unspecified atom stereocenters. The number of carbonyl (C=O) groups is 1. The average molecular weight is 736 g/mol. The Hall–Kier alpha value is -5.56. The number of aryl methyl sites for hydroxylation is 2. The third-order valence-electron chi connectivity index (χ3n) is 9.40. The minimum absolute atomic E-state index is 0.152. The molecular weight excluding hydrogens is 694 g/mol. The zero-order valence-electron chi connectivity index (χ0n) is 30.7. The molecule has 0 atom stereocenters. The van der Waals surface area contributed by atoms with E-state index >= 15 is 0 Å². The number of benzene rings is 2. The van der Waals surface area contributed by atoms with E-state index in [1.54, 1.807) is 53.8 Å². The first-order chi connectivity index (χ1) is 25.2. The topological polar surface area (TPSA) is 115 Å².